The summed E-state index contributed by atoms with van der Waals surface area (Å²) in [7, 11) is 0. The number of hydrogen-bond donors (Lipinski definition) is 1. The molecule has 20 heavy (non-hydrogen) atoms. The number of rotatable bonds is 3. The van der Waals surface area contributed by atoms with Crippen molar-refractivity contribution in [3.63, 3.8) is 0 Å². The predicted molar refractivity (Wildman–Crippen MR) is 78.5 cm³/mol. The number of carboxylic acid groups (broad SMARTS) is 1. The SMILES string of the molecule is O=C(O)/C=C/c1c(F)cccc1-c1cccc(Cl)c1Cl. The number of carbonyl (C=O) groups is 1. The van der Waals surface area contributed by atoms with Crippen molar-refractivity contribution in [3.05, 3.63) is 63.9 Å². The van der Waals surface area contributed by atoms with Crippen LogP contribution in [0.5, 0.6) is 0 Å². The molecular weight excluding hydrogens is 302 g/mol. The molecule has 0 amide bonds. The van der Waals surface area contributed by atoms with Gasteiger partial charge in [-0.2, -0.15) is 0 Å². The molecule has 2 rings (SSSR count). The van der Waals surface area contributed by atoms with Crippen molar-refractivity contribution in [1.29, 1.82) is 0 Å². The summed E-state index contributed by atoms with van der Waals surface area (Å²) < 4.78 is 13.9. The van der Waals surface area contributed by atoms with E-state index in [0.29, 0.717) is 21.2 Å². The molecule has 2 aromatic carbocycles. The summed E-state index contributed by atoms with van der Waals surface area (Å²) in [6, 6.07) is 9.45. The Balaban J connectivity index is 2.65. The molecule has 0 aliphatic heterocycles. The summed E-state index contributed by atoms with van der Waals surface area (Å²) >= 11 is 12.1. The van der Waals surface area contributed by atoms with Crippen LogP contribution in [-0.2, 0) is 4.79 Å². The first kappa shape index (κ1) is 14.6. The van der Waals surface area contributed by atoms with Crippen molar-refractivity contribution >= 4 is 35.2 Å². The van der Waals surface area contributed by atoms with Crippen LogP contribution in [0.2, 0.25) is 10.0 Å². The Morgan fingerprint density at radius 3 is 2.45 bits per heavy atom. The Morgan fingerprint density at radius 1 is 1.10 bits per heavy atom. The molecule has 0 spiro atoms. The van der Waals surface area contributed by atoms with Crippen LogP contribution in [0.4, 0.5) is 4.39 Å². The standard InChI is InChI=1S/C15H9Cl2FO2/c16-12-5-1-4-11(15(12)17)9-3-2-6-13(18)10(9)7-8-14(19)20/h1-8H,(H,19,20)/b8-7+. The predicted octanol–water partition coefficient (Wildman–Crippen LogP) is 4.90. The highest BCUT2D eigenvalue weighted by Crippen LogP contribution is 2.36. The Morgan fingerprint density at radius 2 is 1.75 bits per heavy atom. The molecule has 0 fully saturated rings. The fraction of sp³-hybridized carbons (Fsp3) is 0. The van der Waals surface area contributed by atoms with Crippen LogP contribution in [0.15, 0.2) is 42.5 Å². The van der Waals surface area contributed by atoms with E-state index >= 15 is 0 Å². The van der Waals surface area contributed by atoms with E-state index in [4.69, 9.17) is 28.3 Å². The molecule has 0 radical (unpaired) electrons. The van der Waals surface area contributed by atoms with Gasteiger partial charge in [0.25, 0.3) is 0 Å². The van der Waals surface area contributed by atoms with Crippen LogP contribution in [0, 0.1) is 5.82 Å². The van der Waals surface area contributed by atoms with Gasteiger partial charge in [-0.1, -0.05) is 47.5 Å². The lowest BCUT2D eigenvalue weighted by Crippen LogP contribution is -1.92. The molecule has 0 aliphatic rings. The van der Waals surface area contributed by atoms with E-state index < -0.39 is 11.8 Å². The van der Waals surface area contributed by atoms with Gasteiger partial charge in [0.1, 0.15) is 5.82 Å². The smallest absolute Gasteiger partial charge is 0.328 e. The van der Waals surface area contributed by atoms with E-state index in [1.807, 2.05) is 0 Å². The molecule has 2 aromatic rings. The van der Waals surface area contributed by atoms with Crippen LogP contribution >= 0.6 is 23.2 Å². The molecule has 0 bridgehead atoms. The topological polar surface area (TPSA) is 37.3 Å². The summed E-state index contributed by atoms with van der Waals surface area (Å²) in [6.07, 6.45) is 2.07. The van der Waals surface area contributed by atoms with Crippen molar-refractivity contribution in [1.82, 2.24) is 0 Å². The summed E-state index contributed by atoms with van der Waals surface area (Å²) in [4.78, 5) is 10.6. The molecule has 102 valence electrons. The molecule has 2 nitrogen and oxygen atoms in total. The third-order valence-corrected chi connectivity index (χ3v) is 3.51. The summed E-state index contributed by atoms with van der Waals surface area (Å²) in [5.74, 6) is -1.69. The molecule has 0 aromatic heterocycles. The molecule has 0 unspecified atom stereocenters. The van der Waals surface area contributed by atoms with E-state index in [1.165, 1.54) is 18.2 Å². The highest BCUT2D eigenvalue weighted by atomic mass is 35.5. The second kappa shape index (κ2) is 6.07. The number of halogens is 3. The Bertz CT molecular complexity index is 696. The van der Waals surface area contributed by atoms with Crippen molar-refractivity contribution in [2.24, 2.45) is 0 Å². The molecule has 0 saturated heterocycles. The second-order valence-electron chi connectivity index (χ2n) is 3.97. The quantitative estimate of drug-likeness (QED) is 0.819. The zero-order chi connectivity index (χ0) is 14.7. The lowest BCUT2D eigenvalue weighted by atomic mass is 9.98. The van der Waals surface area contributed by atoms with Gasteiger partial charge < -0.3 is 5.11 Å². The van der Waals surface area contributed by atoms with Crippen LogP contribution in [-0.4, -0.2) is 11.1 Å². The van der Waals surface area contributed by atoms with E-state index in [0.717, 1.165) is 6.08 Å². The number of benzene rings is 2. The molecular formula is C15H9Cl2FO2. The van der Waals surface area contributed by atoms with Gasteiger partial charge in [-0.3, -0.25) is 0 Å². The van der Waals surface area contributed by atoms with Gasteiger partial charge in [-0.25, -0.2) is 9.18 Å². The van der Waals surface area contributed by atoms with Gasteiger partial charge in [0.2, 0.25) is 0 Å². The van der Waals surface area contributed by atoms with Crippen LogP contribution in [0.1, 0.15) is 5.56 Å². The summed E-state index contributed by atoms with van der Waals surface area (Å²) in [5, 5.41) is 9.31. The van der Waals surface area contributed by atoms with Crippen molar-refractivity contribution in [2.45, 2.75) is 0 Å². The highest BCUT2D eigenvalue weighted by Gasteiger charge is 2.12. The molecule has 0 heterocycles. The van der Waals surface area contributed by atoms with E-state index in [1.54, 1.807) is 24.3 Å². The minimum absolute atomic E-state index is 0.152. The third-order valence-electron chi connectivity index (χ3n) is 2.69. The van der Waals surface area contributed by atoms with Crippen LogP contribution in [0.3, 0.4) is 0 Å². The zero-order valence-corrected chi connectivity index (χ0v) is 11.6. The van der Waals surface area contributed by atoms with Crippen molar-refractivity contribution < 1.29 is 14.3 Å². The fourth-order valence-electron chi connectivity index (χ4n) is 1.81. The fourth-order valence-corrected chi connectivity index (χ4v) is 2.21. The summed E-state index contributed by atoms with van der Waals surface area (Å²) in [5.41, 5.74) is 1.18. The van der Waals surface area contributed by atoms with Gasteiger partial charge in [-0.05, 0) is 23.8 Å². The van der Waals surface area contributed by atoms with Gasteiger partial charge in [0, 0.05) is 17.2 Å². The molecule has 0 atom stereocenters. The largest absolute Gasteiger partial charge is 0.478 e. The van der Waals surface area contributed by atoms with Gasteiger partial charge >= 0.3 is 5.97 Å². The minimum atomic E-state index is -1.16. The zero-order valence-electron chi connectivity index (χ0n) is 10.1. The van der Waals surface area contributed by atoms with E-state index in [9.17, 15) is 9.18 Å². The monoisotopic (exact) mass is 310 g/mol. The van der Waals surface area contributed by atoms with Crippen LogP contribution < -0.4 is 0 Å². The Hall–Kier alpha value is -1.84. The highest BCUT2D eigenvalue weighted by molar-refractivity contribution is 6.43. The lowest BCUT2D eigenvalue weighted by molar-refractivity contribution is -0.131. The maximum atomic E-state index is 13.9. The maximum absolute atomic E-state index is 13.9. The van der Waals surface area contributed by atoms with E-state index in [2.05, 4.69) is 0 Å². The lowest BCUT2D eigenvalue weighted by Gasteiger charge is -2.10. The first-order valence-electron chi connectivity index (χ1n) is 5.64. The average molecular weight is 311 g/mol. The van der Waals surface area contributed by atoms with E-state index in [-0.39, 0.29) is 5.56 Å². The number of hydrogen-bond acceptors (Lipinski definition) is 1. The van der Waals surface area contributed by atoms with Crippen LogP contribution in [0.25, 0.3) is 17.2 Å². The summed E-state index contributed by atoms with van der Waals surface area (Å²) in [6.45, 7) is 0. The number of carboxylic acids is 1. The molecule has 0 aliphatic carbocycles. The Kier molecular flexibility index (Phi) is 4.42. The minimum Gasteiger partial charge on any atom is -0.478 e. The van der Waals surface area contributed by atoms with Gasteiger partial charge in [0.05, 0.1) is 10.0 Å². The molecule has 1 N–H and O–H groups in total. The first-order valence-corrected chi connectivity index (χ1v) is 6.40. The molecule has 5 heteroatoms. The Labute approximate surface area is 125 Å². The van der Waals surface area contributed by atoms with Crippen molar-refractivity contribution in [2.75, 3.05) is 0 Å². The maximum Gasteiger partial charge on any atom is 0.328 e. The first-order chi connectivity index (χ1) is 9.50. The van der Waals surface area contributed by atoms with Gasteiger partial charge in [-0.15, -0.1) is 0 Å². The normalized spacial score (nSPS) is 10.9. The van der Waals surface area contributed by atoms with Crippen molar-refractivity contribution in [3.8, 4) is 11.1 Å². The third kappa shape index (κ3) is 3.00. The average Bonchev–Trinajstić information content (AvgIpc) is 2.40. The van der Waals surface area contributed by atoms with Gasteiger partial charge in [0.15, 0.2) is 0 Å². The second-order valence-corrected chi connectivity index (χ2v) is 4.76. The molecule has 0 saturated carbocycles. The number of aliphatic carboxylic acids is 1.